The van der Waals surface area contributed by atoms with Crippen LogP contribution in [-0.2, 0) is 16.1 Å². The average molecular weight is 246 g/mol. The van der Waals surface area contributed by atoms with Crippen LogP contribution in [0.3, 0.4) is 0 Å². The summed E-state index contributed by atoms with van der Waals surface area (Å²) in [4.78, 5) is 12.3. The molecule has 4 heteroatoms. The normalized spacial score (nSPS) is 26.7. The van der Waals surface area contributed by atoms with Gasteiger partial charge in [0, 0.05) is 19.7 Å². The number of rotatable bonds is 2. The Morgan fingerprint density at radius 2 is 2.28 bits per heavy atom. The molecule has 2 aliphatic heterocycles. The second-order valence-corrected chi connectivity index (χ2v) is 4.95. The minimum absolute atomic E-state index is 0.0736. The molecule has 1 amide bonds. The van der Waals surface area contributed by atoms with Crippen molar-refractivity contribution in [1.82, 2.24) is 10.6 Å². The first-order chi connectivity index (χ1) is 8.84. The maximum absolute atomic E-state index is 12.3. The first kappa shape index (κ1) is 11.7. The summed E-state index contributed by atoms with van der Waals surface area (Å²) in [6.45, 7) is 2.97. The first-order valence-electron chi connectivity index (χ1n) is 6.51. The Labute approximate surface area is 107 Å². The van der Waals surface area contributed by atoms with Crippen molar-refractivity contribution in [3.63, 3.8) is 0 Å². The van der Waals surface area contributed by atoms with Crippen LogP contribution in [0.15, 0.2) is 24.3 Å². The fraction of sp³-hybridized carbons (Fsp3) is 0.500. The summed E-state index contributed by atoms with van der Waals surface area (Å²) in [5.41, 5.74) is 2.39. The Morgan fingerprint density at radius 3 is 3.11 bits per heavy atom. The smallest absolute Gasteiger partial charge is 0.229 e. The largest absolute Gasteiger partial charge is 0.379 e. The van der Waals surface area contributed by atoms with E-state index in [9.17, 15) is 4.79 Å². The summed E-state index contributed by atoms with van der Waals surface area (Å²) in [6.07, 6.45) is 0.924. The van der Waals surface area contributed by atoms with Crippen LogP contribution in [-0.4, -0.2) is 31.7 Å². The van der Waals surface area contributed by atoms with E-state index < -0.39 is 0 Å². The molecule has 3 rings (SSSR count). The Bertz CT molecular complexity index is 441. The van der Waals surface area contributed by atoms with Crippen molar-refractivity contribution in [2.45, 2.75) is 24.9 Å². The molecule has 0 aromatic heterocycles. The van der Waals surface area contributed by atoms with Gasteiger partial charge in [-0.2, -0.15) is 0 Å². The van der Waals surface area contributed by atoms with E-state index in [1.165, 1.54) is 5.56 Å². The third kappa shape index (κ3) is 2.26. The third-order valence-corrected chi connectivity index (χ3v) is 3.69. The molecular weight excluding hydrogens is 228 g/mol. The fourth-order valence-electron chi connectivity index (χ4n) is 2.68. The van der Waals surface area contributed by atoms with Crippen LogP contribution in [0.5, 0.6) is 0 Å². The van der Waals surface area contributed by atoms with Gasteiger partial charge in [-0.1, -0.05) is 24.3 Å². The van der Waals surface area contributed by atoms with Gasteiger partial charge in [0.15, 0.2) is 0 Å². The molecule has 0 aliphatic carbocycles. The number of nitrogens with one attached hydrogen (secondary N) is 2. The van der Waals surface area contributed by atoms with E-state index in [0.29, 0.717) is 6.61 Å². The molecule has 2 aliphatic rings. The standard InChI is InChI=1S/C14H18N2O2/c17-14(16-11-5-6-18-9-11)13-8-15-7-10-3-1-2-4-12(10)13/h1-4,11,13,15H,5-9H2,(H,16,17). The molecular formula is C14H18N2O2. The van der Waals surface area contributed by atoms with Gasteiger partial charge in [0.05, 0.1) is 18.6 Å². The number of carbonyl (C=O) groups excluding carboxylic acids is 1. The fourth-order valence-corrected chi connectivity index (χ4v) is 2.68. The molecule has 1 aromatic rings. The van der Waals surface area contributed by atoms with E-state index in [-0.39, 0.29) is 17.9 Å². The minimum atomic E-state index is -0.0736. The number of fused-ring (bicyclic) bond motifs is 1. The van der Waals surface area contributed by atoms with Gasteiger partial charge in [-0.25, -0.2) is 0 Å². The molecule has 0 spiro atoms. The lowest BCUT2D eigenvalue weighted by Crippen LogP contribution is -2.43. The number of hydrogen-bond donors (Lipinski definition) is 2. The number of carbonyl (C=O) groups is 1. The topological polar surface area (TPSA) is 50.4 Å². The molecule has 0 saturated carbocycles. The Morgan fingerprint density at radius 1 is 1.39 bits per heavy atom. The second-order valence-electron chi connectivity index (χ2n) is 4.95. The quantitative estimate of drug-likeness (QED) is 0.810. The molecule has 0 bridgehead atoms. The van der Waals surface area contributed by atoms with Crippen molar-refractivity contribution in [1.29, 1.82) is 0 Å². The summed E-state index contributed by atoms with van der Waals surface area (Å²) in [6, 6.07) is 8.35. The molecule has 18 heavy (non-hydrogen) atoms. The van der Waals surface area contributed by atoms with Crippen molar-refractivity contribution < 1.29 is 9.53 Å². The monoisotopic (exact) mass is 246 g/mol. The van der Waals surface area contributed by atoms with E-state index in [0.717, 1.165) is 31.7 Å². The van der Waals surface area contributed by atoms with Gasteiger partial charge in [0.1, 0.15) is 0 Å². The summed E-state index contributed by atoms with van der Waals surface area (Å²) in [5, 5.41) is 6.39. The van der Waals surface area contributed by atoms with Crippen LogP contribution in [0.4, 0.5) is 0 Å². The number of hydrogen-bond acceptors (Lipinski definition) is 3. The molecule has 1 fully saturated rings. The molecule has 2 heterocycles. The van der Waals surface area contributed by atoms with Crippen molar-refractivity contribution in [3.8, 4) is 0 Å². The van der Waals surface area contributed by atoms with E-state index in [2.05, 4.69) is 22.8 Å². The summed E-state index contributed by atoms with van der Waals surface area (Å²) < 4.78 is 5.28. The van der Waals surface area contributed by atoms with Crippen LogP contribution in [0, 0.1) is 0 Å². The van der Waals surface area contributed by atoms with Gasteiger partial charge >= 0.3 is 0 Å². The molecule has 2 unspecified atom stereocenters. The highest BCUT2D eigenvalue weighted by Gasteiger charge is 2.28. The number of benzene rings is 1. The molecule has 96 valence electrons. The van der Waals surface area contributed by atoms with Crippen molar-refractivity contribution >= 4 is 5.91 Å². The lowest BCUT2D eigenvalue weighted by atomic mass is 9.90. The zero-order chi connectivity index (χ0) is 12.4. The maximum atomic E-state index is 12.3. The third-order valence-electron chi connectivity index (χ3n) is 3.69. The van der Waals surface area contributed by atoms with Gasteiger partial charge in [-0.05, 0) is 17.5 Å². The van der Waals surface area contributed by atoms with Crippen LogP contribution in [0.1, 0.15) is 23.5 Å². The maximum Gasteiger partial charge on any atom is 0.229 e. The highest BCUT2D eigenvalue weighted by Crippen LogP contribution is 2.24. The van der Waals surface area contributed by atoms with E-state index in [1.54, 1.807) is 0 Å². The first-order valence-corrected chi connectivity index (χ1v) is 6.51. The van der Waals surface area contributed by atoms with E-state index in [1.807, 2.05) is 12.1 Å². The predicted molar refractivity (Wildman–Crippen MR) is 68.3 cm³/mol. The zero-order valence-electron chi connectivity index (χ0n) is 10.3. The van der Waals surface area contributed by atoms with Crippen LogP contribution < -0.4 is 10.6 Å². The zero-order valence-corrected chi connectivity index (χ0v) is 10.3. The highest BCUT2D eigenvalue weighted by molar-refractivity contribution is 5.85. The van der Waals surface area contributed by atoms with E-state index >= 15 is 0 Å². The second kappa shape index (κ2) is 5.08. The van der Waals surface area contributed by atoms with Gasteiger partial charge < -0.3 is 15.4 Å². The Hall–Kier alpha value is -1.39. The lowest BCUT2D eigenvalue weighted by molar-refractivity contribution is -0.123. The summed E-state index contributed by atoms with van der Waals surface area (Å²) in [5.74, 6) is 0.0423. The SMILES string of the molecule is O=C(NC1CCOC1)C1CNCc2ccccc21. The van der Waals surface area contributed by atoms with Crippen LogP contribution in [0.2, 0.25) is 0 Å². The molecule has 0 radical (unpaired) electrons. The van der Waals surface area contributed by atoms with Crippen LogP contribution in [0.25, 0.3) is 0 Å². The lowest BCUT2D eigenvalue weighted by Gasteiger charge is -2.26. The Kier molecular flexibility index (Phi) is 3.30. The predicted octanol–water partition coefficient (Wildman–Crippen LogP) is 0.778. The van der Waals surface area contributed by atoms with Gasteiger partial charge in [-0.3, -0.25) is 4.79 Å². The van der Waals surface area contributed by atoms with Crippen molar-refractivity contribution in [3.05, 3.63) is 35.4 Å². The van der Waals surface area contributed by atoms with Gasteiger partial charge in [0.25, 0.3) is 0 Å². The minimum Gasteiger partial charge on any atom is -0.379 e. The molecule has 1 aromatic carbocycles. The molecule has 1 saturated heterocycles. The summed E-state index contributed by atoms with van der Waals surface area (Å²) >= 11 is 0. The average Bonchev–Trinajstić information content (AvgIpc) is 2.91. The van der Waals surface area contributed by atoms with Gasteiger partial charge in [-0.15, -0.1) is 0 Å². The number of ether oxygens (including phenoxy) is 1. The highest BCUT2D eigenvalue weighted by atomic mass is 16.5. The number of amides is 1. The summed E-state index contributed by atoms with van der Waals surface area (Å²) in [7, 11) is 0. The molecule has 4 nitrogen and oxygen atoms in total. The van der Waals surface area contributed by atoms with Crippen molar-refractivity contribution in [2.75, 3.05) is 19.8 Å². The van der Waals surface area contributed by atoms with Crippen LogP contribution >= 0.6 is 0 Å². The Balaban J connectivity index is 1.74. The molecule has 2 N–H and O–H groups in total. The molecule has 2 atom stereocenters. The van der Waals surface area contributed by atoms with Crippen molar-refractivity contribution in [2.24, 2.45) is 0 Å². The van der Waals surface area contributed by atoms with Gasteiger partial charge in [0.2, 0.25) is 5.91 Å². The van der Waals surface area contributed by atoms with E-state index in [4.69, 9.17) is 4.74 Å².